The zero-order valence-electron chi connectivity index (χ0n) is 13.4. The van der Waals surface area contributed by atoms with Gasteiger partial charge in [0.25, 0.3) is 0 Å². The van der Waals surface area contributed by atoms with Crippen LogP contribution in [0.15, 0.2) is 48.8 Å². The summed E-state index contributed by atoms with van der Waals surface area (Å²) >= 11 is 0. The second-order valence-corrected chi connectivity index (χ2v) is 6.07. The second kappa shape index (κ2) is 6.05. The number of ether oxygens (including phenoxy) is 1. The van der Waals surface area contributed by atoms with Gasteiger partial charge in [-0.05, 0) is 42.2 Å². The van der Waals surface area contributed by atoms with Crippen molar-refractivity contribution in [1.29, 1.82) is 0 Å². The van der Waals surface area contributed by atoms with Crippen molar-refractivity contribution in [2.75, 3.05) is 20.2 Å². The Morgan fingerprint density at radius 1 is 1.09 bits per heavy atom. The molecule has 0 atom stereocenters. The lowest BCUT2D eigenvalue weighted by atomic mass is 10.0. The Balaban J connectivity index is 1.54. The van der Waals surface area contributed by atoms with E-state index in [0.29, 0.717) is 0 Å². The van der Waals surface area contributed by atoms with Crippen LogP contribution in [-0.4, -0.2) is 34.7 Å². The lowest BCUT2D eigenvalue weighted by Gasteiger charge is -2.19. The van der Waals surface area contributed by atoms with Crippen LogP contribution in [0.3, 0.4) is 0 Å². The molecule has 0 radical (unpaired) electrons. The molecule has 0 amide bonds. The van der Waals surface area contributed by atoms with Crippen molar-refractivity contribution in [3.05, 3.63) is 65.5 Å². The fourth-order valence-electron chi connectivity index (χ4n) is 3.49. The van der Waals surface area contributed by atoms with E-state index < -0.39 is 0 Å². The first-order valence-corrected chi connectivity index (χ1v) is 8.13. The maximum atomic E-state index is 5.54. The molecule has 0 saturated carbocycles. The number of methoxy groups -OCH3 is 1. The molecule has 3 heterocycles. The number of rotatable bonds is 3. The van der Waals surface area contributed by atoms with Gasteiger partial charge in [0, 0.05) is 31.4 Å². The Bertz CT molecular complexity index is 824. The molecule has 1 aliphatic heterocycles. The average Bonchev–Trinajstić information content (AvgIpc) is 2.88. The topological polar surface area (TPSA) is 29.8 Å². The van der Waals surface area contributed by atoms with E-state index in [9.17, 15) is 0 Å². The summed E-state index contributed by atoms with van der Waals surface area (Å²) in [4.78, 5) is 2.52. The Labute approximate surface area is 136 Å². The lowest BCUT2D eigenvalue weighted by molar-refractivity contribution is 0.279. The van der Waals surface area contributed by atoms with Gasteiger partial charge in [-0.3, -0.25) is 4.90 Å². The zero-order valence-corrected chi connectivity index (χ0v) is 13.4. The van der Waals surface area contributed by atoms with E-state index in [1.807, 2.05) is 23.0 Å². The summed E-state index contributed by atoms with van der Waals surface area (Å²) in [5, 5.41) is 4.44. The molecule has 2 aromatic heterocycles. The van der Waals surface area contributed by atoms with Gasteiger partial charge in [-0.15, -0.1) is 0 Å². The minimum Gasteiger partial charge on any atom is -0.496 e. The van der Waals surface area contributed by atoms with E-state index in [4.69, 9.17) is 4.74 Å². The highest BCUT2D eigenvalue weighted by Gasteiger charge is 2.18. The molecule has 0 fully saturated rings. The predicted octanol–water partition coefficient (Wildman–Crippen LogP) is 2.94. The van der Waals surface area contributed by atoms with Gasteiger partial charge in [0.1, 0.15) is 5.75 Å². The molecular weight excluding hydrogens is 286 g/mol. The fourth-order valence-corrected chi connectivity index (χ4v) is 3.49. The molecule has 0 N–H and O–H groups in total. The molecule has 1 aliphatic rings. The summed E-state index contributed by atoms with van der Waals surface area (Å²) in [5.41, 5.74) is 5.29. The van der Waals surface area contributed by atoms with Crippen LogP contribution in [0.2, 0.25) is 0 Å². The first-order chi connectivity index (χ1) is 11.3. The third-order valence-corrected chi connectivity index (χ3v) is 4.73. The quantitative estimate of drug-likeness (QED) is 0.745. The minimum atomic E-state index is 0.948. The van der Waals surface area contributed by atoms with Gasteiger partial charge in [-0.2, -0.15) is 5.10 Å². The van der Waals surface area contributed by atoms with Crippen molar-refractivity contribution < 1.29 is 4.74 Å². The number of nitrogens with zero attached hydrogens (tertiary/aromatic N) is 3. The lowest BCUT2D eigenvalue weighted by Crippen LogP contribution is -2.25. The standard InChI is InChI=1S/C19H21N3O/c1-23-19-7-4-5-15-8-11-21(12-9-17(15)19)14-16-13-20-22-10-3-2-6-18(16)22/h2-7,10,13H,8-9,11-12,14H2,1H3. The van der Waals surface area contributed by atoms with Crippen LogP contribution in [0.4, 0.5) is 0 Å². The molecule has 4 heteroatoms. The van der Waals surface area contributed by atoms with Gasteiger partial charge in [-0.1, -0.05) is 18.2 Å². The Morgan fingerprint density at radius 3 is 2.91 bits per heavy atom. The van der Waals surface area contributed by atoms with Gasteiger partial charge in [0.05, 0.1) is 18.8 Å². The predicted molar refractivity (Wildman–Crippen MR) is 90.9 cm³/mol. The van der Waals surface area contributed by atoms with Gasteiger partial charge >= 0.3 is 0 Å². The summed E-state index contributed by atoms with van der Waals surface area (Å²) in [7, 11) is 1.76. The monoisotopic (exact) mass is 307 g/mol. The molecule has 0 aliphatic carbocycles. The second-order valence-electron chi connectivity index (χ2n) is 6.07. The molecular formula is C19H21N3O. The van der Waals surface area contributed by atoms with Gasteiger partial charge in [0.15, 0.2) is 0 Å². The summed E-state index contributed by atoms with van der Waals surface area (Å²) in [6.07, 6.45) is 6.11. The number of pyridine rings is 1. The van der Waals surface area contributed by atoms with Crippen molar-refractivity contribution >= 4 is 5.52 Å². The van der Waals surface area contributed by atoms with E-state index in [-0.39, 0.29) is 0 Å². The molecule has 118 valence electrons. The van der Waals surface area contributed by atoms with Crippen molar-refractivity contribution in [1.82, 2.24) is 14.5 Å². The van der Waals surface area contributed by atoms with Crippen LogP contribution < -0.4 is 4.74 Å². The van der Waals surface area contributed by atoms with E-state index in [0.717, 1.165) is 38.2 Å². The van der Waals surface area contributed by atoms with Crippen LogP contribution in [0, 0.1) is 0 Å². The smallest absolute Gasteiger partial charge is 0.122 e. The Kier molecular flexibility index (Phi) is 3.75. The summed E-state index contributed by atoms with van der Waals surface area (Å²) in [6, 6.07) is 12.6. The first kappa shape index (κ1) is 14.3. The summed E-state index contributed by atoms with van der Waals surface area (Å²) in [5.74, 6) is 1.03. The summed E-state index contributed by atoms with van der Waals surface area (Å²) in [6.45, 7) is 3.08. The van der Waals surface area contributed by atoms with Crippen LogP contribution in [0.25, 0.3) is 5.52 Å². The number of hydrogen-bond acceptors (Lipinski definition) is 3. The van der Waals surface area contributed by atoms with Gasteiger partial charge in [-0.25, -0.2) is 4.52 Å². The fraction of sp³-hybridized carbons (Fsp3) is 0.316. The SMILES string of the molecule is COc1cccc2c1CCN(Cc1cnn3ccccc13)CC2. The third kappa shape index (κ3) is 2.70. The largest absolute Gasteiger partial charge is 0.496 e. The number of hydrogen-bond donors (Lipinski definition) is 0. The van der Waals surface area contributed by atoms with Crippen molar-refractivity contribution in [2.45, 2.75) is 19.4 Å². The minimum absolute atomic E-state index is 0.948. The molecule has 0 unspecified atom stereocenters. The summed E-state index contributed by atoms with van der Waals surface area (Å²) < 4.78 is 7.48. The molecule has 3 aromatic rings. The number of aromatic nitrogens is 2. The van der Waals surface area contributed by atoms with Gasteiger partial charge < -0.3 is 4.74 Å². The molecule has 1 aromatic carbocycles. The van der Waals surface area contributed by atoms with E-state index in [1.54, 1.807) is 7.11 Å². The maximum absolute atomic E-state index is 5.54. The maximum Gasteiger partial charge on any atom is 0.122 e. The van der Waals surface area contributed by atoms with Crippen LogP contribution in [-0.2, 0) is 19.4 Å². The van der Waals surface area contributed by atoms with E-state index >= 15 is 0 Å². The van der Waals surface area contributed by atoms with Crippen LogP contribution in [0.5, 0.6) is 5.75 Å². The van der Waals surface area contributed by atoms with Crippen LogP contribution in [0.1, 0.15) is 16.7 Å². The van der Waals surface area contributed by atoms with Crippen molar-refractivity contribution in [2.24, 2.45) is 0 Å². The Morgan fingerprint density at radius 2 is 2.00 bits per heavy atom. The highest BCUT2D eigenvalue weighted by molar-refractivity contribution is 5.53. The van der Waals surface area contributed by atoms with E-state index in [1.165, 1.54) is 22.2 Å². The van der Waals surface area contributed by atoms with Crippen molar-refractivity contribution in [3.8, 4) is 5.75 Å². The number of fused-ring (bicyclic) bond motifs is 2. The Hall–Kier alpha value is -2.33. The zero-order chi connectivity index (χ0) is 15.6. The molecule has 0 bridgehead atoms. The van der Waals surface area contributed by atoms with E-state index in [2.05, 4.69) is 40.3 Å². The highest BCUT2D eigenvalue weighted by atomic mass is 16.5. The molecule has 4 rings (SSSR count). The normalized spacial score (nSPS) is 15.3. The van der Waals surface area contributed by atoms with Crippen LogP contribution >= 0.6 is 0 Å². The average molecular weight is 307 g/mol. The molecule has 4 nitrogen and oxygen atoms in total. The highest BCUT2D eigenvalue weighted by Crippen LogP contribution is 2.26. The molecule has 23 heavy (non-hydrogen) atoms. The molecule has 0 saturated heterocycles. The third-order valence-electron chi connectivity index (χ3n) is 4.73. The first-order valence-electron chi connectivity index (χ1n) is 8.13. The number of benzene rings is 1. The van der Waals surface area contributed by atoms with Crippen molar-refractivity contribution in [3.63, 3.8) is 0 Å². The van der Waals surface area contributed by atoms with Gasteiger partial charge in [0.2, 0.25) is 0 Å². The molecule has 0 spiro atoms.